The van der Waals surface area contributed by atoms with E-state index in [2.05, 4.69) is 5.32 Å². The van der Waals surface area contributed by atoms with Crippen LogP contribution in [0.25, 0.3) is 0 Å². The molecule has 118 valence electrons. The van der Waals surface area contributed by atoms with E-state index in [1.165, 1.54) is 0 Å². The van der Waals surface area contributed by atoms with Crippen molar-refractivity contribution in [1.29, 1.82) is 0 Å². The minimum absolute atomic E-state index is 0.0860. The maximum absolute atomic E-state index is 12.5. The smallest absolute Gasteiger partial charge is 0.181 e. The van der Waals surface area contributed by atoms with E-state index in [9.17, 15) is 13.5 Å². The molecule has 2 rings (SSSR count). The van der Waals surface area contributed by atoms with Crippen molar-refractivity contribution in [2.45, 2.75) is 61.8 Å². The van der Waals surface area contributed by atoms with Crippen molar-refractivity contribution in [2.24, 2.45) is 0 Å². The zero-order valence-corrected chi connectivity index (χ0v) is 13.6. The van der Waals surface area contributed by atoms with Gasteiger partial charge in [0.2, 0.25) is 0 Å². The van der Waals surface area contributed by atoms with Crippen molar-refractivity contribution >= 4 is 9.84 Å². The molecule has 0 aliphatic heterocycles. The van der Waals surface area contributed by atoms with E-state index in [4.69, 9.17) is 0 Å². The molecule has 2 atom stereocenters. The van der Waals surface area contributed by atoms with Crippen molar-refractivity contribution in [1.82, 2.24) is 5.32 Å². The Morgan fingerprint density at radius 1 is 1.19 bits per heavy atom. The van der Waals surface area contributed by atoms with Gasteiger partial charge < -0.3 is 10.4 Å². The summed E-state index contributed by atoms with van der Waals surface area (Å²) in [6.45, 7) is 4.25. The fourth-order valence-electron chi connectivity index (χ4n) is 2.80. The lowest BCUT2D eigenvalue weighted by Gasteiger charge is -2.16. The molecule has 1 fully saturated rings. The van der Waals surface area contributed by atoms with Gasteiger partial charge in [-0.1, -0.05) is 25.0 Å². The van der Waals surface area contributed by atoms with E-state index >= 15 is 0 Å². The van der Waals surface area contributed by atoms with Crippen molar-refractivity contribution in [3.8, 4) is 0 Å². The van der Waals surface area contributed by atoms with Crippen LogP contribution in [0.15, 0.2) is 29.2 Å². The van der Waals surface area contributed by atoms with E-state index in [1.807, 2.05) is 19.1 Å². The maximum atomic E-state index is 12.5. The van der Waals surface area contributed by atoms with Crippen LogP contribution in [0.2, 0.25) is 0 Å². The molecule has 5 heteroatoms. The van der Waals surface area contributed by atoms with E-state index in [1.54, 1.807) is 19.1 Å². The number of rotatable bonds is 6. The van der Waals surface area contributed by atoms with Gasteiger partial charge in [0.25, 0.3) is 0 Å². The number of hydrogen-bond acceptors (Lipinski definition) is 4. The van der Waals surface area contributed by atoms with Gasteiger partial charge in [-0.25, -0.2) is 8.42 Å². The second kappa shape index (κ2) is 6.90. The van der Waals surface area contributed by atoms with Crippen LogP contribution in [0.3, 0.4) is 0 Å². The van der Waals surface area contributed by atoms with E-state index < -0.39 is 15.9 Å². The van der Waals surface area contributed by atoms with Gasteiger partial charge in [0, 0.05) is 12.6 Å². The Hall–Kier alpha value is -0.910. The van der Waals surface area contributed by atoms with Crippen LogP contribution in [0, 0.1) is 0 Å². The zero-order chi connectivity index (χ0) is 15.5. The summed E-state index contributed by atoms with van der Waals surface area (Å²) in [5.74, 6) is 0. The summed E-state index contributed by atoms with van der Waals surface area (Å²) in [7, 11) is -3.17. The number of nitrogens with one attached hydrogen (secondary N) is 1. The molecule has 0 amide bonds. The third kappa shape index (κ3) is 4.05. The van der Waals surface area contributed by atoms with Crippen molar-refractivity contribution in [2.75, 3.05) is 6.54 Å². The maximum Gasteiger partial charge on any atom is 0.181 e. The predicted octanol–water partition coefficient (Wildman–Crippen LogP) is 2.43. The first kappa shape index (κ1) is 16.5. The first-order chi connectivity index (χ1) is 9.91. The largest absolute Gasteiger partial charge is 0.392 e. The Labute approximate surface area is 127 Å². The molecule has 4 nitrogen and oxygen atoms in total. The predicted molar refractivity (Wildman–Crippen MR) is 84.0 cm³/mol. The average Bonchev–Trinajstić information content (AvgIpc) is 2.99. The van der Waals surface area contributed by atoms with Crippen LogP contribution in [0.5, 0.6) is 0 Å². The number of sulfone groups is 1. The van der Waals surface area contributed by atoms with Gasteiger partial charge in [-0.2, -0.15) is 0 Å². The zero-order valence-electron chi connectivity index (χ0n) is 12.7. The highest BCUT2D eigenvalue weighted by atomic mass is 32.2. The second-order valence-corrected chi connectivity index (χ2v) is 8.23. The van der Waals surface area contributed by atoms with Crippen molar-refractivity contribution < 1.29 is 13.5 Å². The quantitative estimate of drug-likeness (QED) is 0.847. The lowest BCUT2D eigenvalue weighted by atomic mass is 10.1. The summed E-state index contributed by atoms with van der Waals surface area (Å²) in [4.78, 5) is 0.431. The van der Waals surface area contributed by atoms with Crippen LogP contribution in [-0.2, 0) is 9.84 Å². The van der Waals surface area contributed by atoms with Crippen LogP contribution in [0.1, 0.15) is 51.1 Å². The molecule has 0 bridgehead atoms. The normalized spacial score (nSPS) is 19.6. The third-order valence-electron chi connectivity index (χ3n) is 4.17. The number of aliphatic hydroxyl groups is 1. The summed E-state index contributed by atoms with van der Waals surface area (Å²) in [5.41, 5.74) is 1.03. The molecule has 0 heterocycles. The van der Waals surface area contributed by atoms with Crippen LogP contribution < -0.4 is 5.32 Å². The topological polar surface area (TPSA) is 66.4 Å². The molecule has 1 aliphatic rings. The number of hydrogen-bond donors (Lipinski definition) is 2. The van der Waals surface area contributed by atoms with Gasteiger partial charge in [-0.05, 0) is 44.4 Å². The average molecular weight is 311 g/mol. The molecule has 1 aliphatic carbocycles. The minimum Gasteiger partial charge on any atom is -0.392 e. The van der Waals surface area contributed by atoms with Gasteiger partial charge in [0.1, 0.15) is 0 Å². The monoisotopic (exact) mass is 311 g/mol. The highest BCUT2D eigenvalue weighted by Crippen LogP contribution is 2.30. The first-order valence-corrected chi connectivity index (χ1v) is 9.21. The summed E-state index contributed by atoms with van der Waals surface area (Å²) in [6.07, 6.45) is 3.21. The van der Waals surface area contributed by atoms with E-state index in [0.717, 1.165) is 31.2 Å². The summed E-state index contributed by atoms with van der Waals surface area (Å²) < 4.78 is 25.0. The SMILES string of the molecule is CC(O)CNC(C)c1ccc(S(=O)(=O)C2CCCC2)cc1. The Balaban J connectivity index is 2.08. The molecule has 21 heavy (non-hydrogen) atoms. The van der Waals surface area contributed by atoms with Crippen LogP contribution in [0.4, 0.5) is 0 Å². The fraction of sp³-hybridized carbons (Fsp3) is 0.625. The van der Waals surface area contributed by atoms with Gasteiger partial charge in [0.05, 0.1) is 16.2 Å². The van der Waals surface area contributed by atoms with Crippen molar-refractivity contribution in [3.05, 3.63) is 29.8 Å². The molecular weight excluding hydrogens is 286 g/mol. The van der Waals surface area contributed by atoms with Crippen LogP contribution >= 0.6 is 0 Å². The molecule has 2 N–H and O–H groups in total. The molecule has 0 radical (unpaired) electrons. The highest BCUT2D eigenvalue weighted by molar-refractivity contribution is 7.92. The first-order valence-electron chi connectivity index (χ1n) is 7.66. The van der Waals surface area contributed by atoms with Gasteiger partial charge >= 0.3 is 0 Å². The summed E-state index contributed by atoms with van der Waals surface area (Å²) in [6, 6.07) is 7.23. The van der Waals surface area contributed by atoms with Gasteiger partial charge in [-0.3, -0.25) is 0 Å². The molecule has 0 saturated heterocycles. The fourth-order valence-corrected chi connectivity index (χ4v) is 4.66. The highest BCUT2D eigenvalue weighted by Gasteiger charge is 2.30. The summed E-state index contributed by atoms with van der Waals surface area (Å²) in [5, 5.41) is 12.3. The standard InChI is InChI=1S/C16H25NO3S/c1-12(18)11-17-13(2)14-7-9-16(10-8-14)21(19,20)15-5-3-4-6-15/h7-10,12-13,15,17-18H,3-6,11H2,1-2H3. The number of benzene rings is 1. The van der Waals surface area contributed by atoms with Gasteiger partial charge in [-0.15, -0.1) is 0 Å². The molecule has 0 spiro atoms. The molecule has 1 aromatic carbocycles. The van der Waals surface area contributed by atoms with E-state index in [0.29, 0.717) is 11.4 Å². The Morgan fingerprint density at radius 3 is 2.29 bits per heavy atom. The minimum atomic E-state index is -3.17. The van der Waals surface area contributed by atoms with Crippen LogP contribution in [-0.4, -0.2) is 31.4 Å². The molecule has 0 aromatic heterocycles. The van der Waals surface area contributed by atoms with Crippen molar-refractivity contribution in [3.63, 3.8) is 0 Å². The molecule has 1 aromatic rings. The molecule has 1 saturated carbocycles. The third-order valence-corrected chi connectivity index (χ3v) is 6.45. The summed E-state index contributed by atoms with van der Waals surface area (Å²) >= 11 is 0. The number of aliphatic hydroxyl groups excluding tert-OH is 1. The molecular formula is C16H25NO3S. The molecule has 2 unspecified atom stereocenters. The lowest BCUT2D eigenvalue weighted by molar-refractivity contribution is 0.187. The Kier molecular flexibility index (Phi) is 5.41. The van der Waals surface area contributed by atoms with Gasteiger partial charge in [0.15, 0.2) is 9.84 Å². The lowest BCUT2D eigenvalue weighted by Crippen LogP contribution is -2.27. The second-order valence-electron chi connectivity index (χ2n) is 6.00. The Morgan fingerprint density at radius 2 is 1.76 bits per heavy atom. The van der Waals surface area contributed by atoms with E-state index in [-0.39, 0.29) is 11.3 Å². The Bertz CT molecular complexity index is 545.